The number of carbonyl (C=O) groups excluding carboxylic acids is 1. The van der Waals surface area contributed by atoms with Gasteiger partial charge in [0.1, 0.15) is 17.8 Å². The molecule has 19 heavy (non-hydrogen) atoms. The summed E-state index contributed by atoms with van der Waals surface area (Å²) in [6.07, 6.45) is 3.91. The molecule has 0 aromatic rings. The van der Waals surface area contributed by atoms with E-state index < -0.39 is 17.1 Å². The van der Waals surface area contributed by atoms with Crippen molar-refractivity contribution in [1.82, 2.24) is 0 Å². The standard InChI is InChI=1S/C15H18O4/c1-8(7-16)15-12(18)6-10-4-5-11(17)9(2)14(10,3)13(15)19-15/h4-6,9,12-13,16,18H,1,7H2,2-3H3/t9-,12+,13+,14+,15-/m0/s1. The van der Waals surface area contributed by atoms with Gasteiger partial charge in [0.2, 0.25) is 0 Å². The first-order valence-corrected chi connectivity index (χ1v) is 6.48. The van der Waals surface area contributed by atoms with Gasteiger partial charge in [-0.1, -0.05) is 26.5 Å². The minimum absolute atomic E-state index is 0.0649. The van der Waals surface area contributed by atoms with Crippen LogP contribution in [0.2, 0.25) is 0 Å². The zero-order valence-corrected chi connectivity index (χ0v) is 11.1. The van der Waals surface area contributed by atoms with Crippen LogP contribution in [0.5, 0.6) is 0 Å². The van der Waals surface area contributed by atoms with Crippen LogP contribution in [0.15, 0.2) is 36.0 Å². The highest BCUT2D eigenvalue weighted by Gasteiger charge is 2.73. The number of epoxide rings is 1. The summed E-state index contributed by atoms with van der Waals surface area (Å²) >= 11 is 0. The van der Waals surface area contributed by atoms with Gasteiger partial charge >= 0.3 is 0 Å². The van der Waals surface area contributed by atoms with Gasteiger partial charge in [0, 0.05) is 11.3 Å². The smallest absolute Gasteiger partial charge is 0.159 e. The summed E-state index contributed by atoms with van der Waals surface area (Å²) in [6.45, 7) is 7.44. The molecule has 1 saturated heterocycles. The normalized spacial score (nSPS) is 47.3. The van der Waals surface area contributed by atoms with Crippen LogP contribution >= 0.6 is 0 Å². The second-order valence-electron chi connectivity index (χ2n) is 5.86. The first kappa shape index (κ1) is 12.8. The van der Waals surface area contributed by atoms with E-state index in [1.54, 1.807) is 18.2 Å². The number of aliphatic hydroxyl groups excluding tert-OH is 2. The molecule has 0 aromatic carbocycles. The van der Waals surface area contributed by atoms with Crippen LogP contribution in [-0.2, 0) is 9.53 Å². The Morgan fingerprint density at radius 1 is 1.53 bits per heavy atom. The molecule has 2 N–H and O–H groups in total. The molecule has 3 rings (SSSR count). The minimum atomic E-state index is -0.924. The quantitative estimate of drug-likeness (QED) is 0.569. The Morgan fingerprint density at radius 2 is 2.21 bits per heavy atom. The summed E-state index contributed by atoms with van der Waals surface area (Å²) in [6, 6.07) is 0. The zero-order chi connectivity index (χ0) is 14.0. The number of rotatable bonds is 2. The third-order valence-electron chi connectivity index (χ3n) is 5.09. The van der Waals surface area contributed by atoms with Gasteiger partial charge in [-0.2, -0.15) is 0 Å². The van der Waals surface area contributed by atoms with Crippen LogP contribution in [0.1, 0.15) is 13.8 Å². The molecule has 5 atom stereocenters. The monoisotopic (exact) mass is 262 g/mol. The van der Waals surface area contributed by atoms with E-state index in [1.165, 1.54) is 0 Å². The van der Waals surface area contributed by atoms with E-state index in [4.69, 9.17) is 4.74 Å². The second-order valence-corrected chi connectivity index (χ2v) is 5.86. The van der Waals surface area contributed by atoms with E-state index in [2.05, 4.69) is 6.58 Å². The zero-order valence-electron chi connectivity index (χ0n) is 11.1. The number of ether oxygens (including phenoxy) is 1. The summed E-state index contributed by atoms with van der Waals surface area (Å²) in [4.78, 5) is 11.9. The second kappa shape index (κ2) is 3.66. The third-order valence-corrected chi connectivity index (χ3v) is 5.09. The van der Waals surface area contributed by atoms with Crippen molar-refractivity contribution >= 4 is 5.78 Å². The lowest BCUT2D eigenvalue weighted by Crippen LogP contribution is -2.49. The van der Waals surface area contributed by atoms with Crippen molar-refractivity contribution in [3.8, 4) is 0 Å². The van der Waals surface area contributed by atoms with Gasteiger partial charge in [0.15, 0.2) is 5.78 Å². The Balaban J connectivity index is 2.12. The molecule has 1 aliphatic heterocycles. The molecule has 3 aliphatic rings. The van der Waals surface area contributed by atoms with Crippen LogP contribution in [0.25, 0.3) is 0 Å². The summed E-state index contributed by atoms with van der Waals surface area (Å²) < 4.78 is 5.77. The third kappa shape index (κ3) is 1.31. The van der Waals surface area contributed by atoms with Gasteiger partial charge in [-0.25, -0.2) is 0 Å². The summed E-state index contributed by atoms with van der Waals surface area (Å²) in [5.74, 6) is -0.148. The topological polar surface area (TPSA) is 70.1 Å². The van der Waals surface area contributed by atoms with E-state index in [0.29, 0.717) is 5.57 Å². The summed E-state index contributed by atoms with van der Waals surface area (Å²) in [5.41, 5.74) is 0.00212. The fraction of sp³-hybridized carbons (Fsp3) is 0.533. The molecular weight excluding hydrogens is 244 g/mol. The Bertz CT molecular complexity index is 532. The SMILES string of the molecule is C=C(CO)[C@@]12O[C@@H]1[C@@]1(C)C(=C[C@H]2O)C=CC(=O)[C@@H]1C. The van der Waals surface area contributed by atoms with E-state index in [9.17, 15) is 15.0 Å². The number of allylic oxidation sites excluding steroid dienone is 2. The van der Waals surface area contributed by atoms with Gasteiger partial charge in [-0.3, -0.25) is 4.79 Å². The average Bonchev–Trinajstić information content (AvgIpc) is 3.15. The first-order valence-electron chi connectivity index (χ1n) is 6.48. The molecule has 0 bridgehead atoms. The molecule has 0 saturated carbocycles. The molecule has 0 amide bonds. The van der Waals surface area contributed by atoms with Crippen LogP contribution < -0.4 is 0 Å². The van der Waals surface area contributed by atoms with Crippen molar-refractivity contribution in [2.45, 2.75) is 31.7 Å². The van der Waals surface area contributed by atoms with Crippen molar-refractivity contribution < 1.29 is 19.7 Å². The lowest BCUT2D eigenvalue weighted by molar-refractivity contribution is -0.121. The molecule has 1 fully saturated rings. The van der Waals surface area contributed by atoms with E-state index in [0.717, 1.165) is 5.57 Å². The summed E-state index contributed by atoms with van der Waals surface area (Å²) in [7, 11) is 0. The maximum atomic E-state index is 11.9. The van der Waals surface area contributed by atoms with Crippen LogP contribution in [-0.4, -0.2) is 40.4 Å². The largest absolute Gasteiger partial charge is 0.392 e. The van der Waals surface area contributed by atoms with Crippen LogP contribution in [0, 0.1) is 11.3 Å². The van der Waals surface area contributed by atoms with Crippen molar-refractivity contribution in [3.05, 3.63) is 36.0 Å². The lowest BCUT2D eigenvalue weighted by Gasteiger charge is -2.42. The van der Waals surface area contributed by atoms with E-state index >= 15 is 0 Å². The highest BCUT2D eigenvalue weighted by Crippen LogP contribution is 2.63. The van der Waals surface area contributed by atoms with Crippen LogP contribution in [0.4, 0.5) is 0 Å². The van der Waals surface area contributed by atoms with Crippen LogP contribution in [0.3, 0.4) is 0 Å². The lowest BCUT2D eigenvalue weighted by atomic mass is 9.59. The molecule has 0 radical (unpaired) electrons. The minimum Gasteiger partial charge on any atom is -0.392 e. The predicted molar refractivity (Wildman–Crippen MR) is 69.3 cm³/mol. The Hall–Kier alpha value is -1.23. The van der Waals surface area contributed by atoms with Gasteiger partial charge in [-0.05, 0) is 23.3 Å². The molecule has 0 unspecified atom stereocenters. The van der Waals surface area contributed by atoms with Crippen molar-refractivity contribution in [3.63, 3.8) is 0 Å². The van der Waals surface area contributed by atoms with Crippen molar-refractivity contribution in [1.29, 1.82) is 0 Å². The molecule has 4 heteroatoms. The first-order chi connectivity index (χ1) is 8.88. The van der Waals surface area contributed by atoms with E-state index in [-0.39, 0.29) is 24.4 Å². The Kier molecular flexibility index (Phi) is 2.46. The number of hydrogen-bond donors (Lipinski definition) is 2. The summed E-state index contributed by atoms with van der Waals surface area (Å²) in [5, 5.41) is 19.6. The molecule has 1 heterocycles. The van der Waals surface area contributed by atoms with Crippen molar-refractivity contribution in [2.75, 3.05) is 6.61 Å². The van der Waals surface area contributed by atoms with Crippen molar-refractivity contribution in [2.24, 2.45) is 11.3 Å². The van der Waals surface area contributed by atoms with Gasteiger partial charge in [0.05, 0.1) is 6.61 Å². The number of hydrogen-bond acceptors (Lipinski definition) is 4. The van der Waals surface area contributed by atoms with Gasteiger partial charge < -0.3 is 14.9 Å². The van der Waals surface area contributed by atoms with Gasteiger partial charge in [-0.15, -0.1) is 0 Å². The highest BCUT2D eigenvalue weighted by atomic mass is 16.6. The fourth-order valence-corrected chi connectivity index (χ4v) is 3.50. The molecule has 0 spiro atoms. The van der Waals surface area contributed by atoms with Gasteiger partial charge in [0.25, 0.3) is 0 Å². The average molecular weight is 262 g/mol. The maximum Gasteiger partial charge on any atom is 0.159 e. The highest BCUT2D eigenvalue weighted by molar-refractivity contribution is 5.95. The number of ketones is 1. The Morgan fingerprint density at radius 3 is 2.84 bits per heavy atom. The predicted octanol–water partition coefficient (Wildman–Crippen LogP) is 0.755. The molecule has 102 valence electrons. The fourth-order valence-electron chi connectivity index (χ4n) is 3.50. The number of carbonyl (C=O) groups is 1. The maximum absolute atomic E-state index is 11.9. The molecular formula is C15H18O4. The molecule has 2 aliphatic carbocycles. The number of fused-ring (bicyclic) bond motifs is 3. The molecule has 4 nitrogen and oxygen atoms in total. The molecule has 0 aromatic heterocycles. The Labute approximate surface area is 112 Å². The number of aliphatic hydroxyl groups is 2. The van der Waals surface area contributed by atoms with E-state index in [1.807, 2.05) is 13.8 Å².